The van der Waals surface area contributed by atoms with Gasteiger partial charge in [-0.25, -0.2) is 0 Å². The molecule has 0 radical (unpaired) electrons. The Hall–Kier alpha value is -4.07. The van der Waals surface area contributed by atoms with Crippen molar-refractivity contribution in [2.75, 3.05) is 13.7 Å². The van der Waals surface area contributed by atoms with E-state index in [0.29, 0.717) is 17.9 Å². The zero-order valence-electron chi connectivity index (χ0n) is 25.4. The molecule has 5 rings (SSSR count). The number of aromatic nitrogens is 5. The molecule has 1 atom stereocenters. The summed E-state index contributed by atoms with van der Waals surface area (Å²) in [4.78, 5) is 34.3. The van der Waals surface area contributed by atoms with Gasteiger partial charge in [0.2, 0.25) is 11.8 Å². The Bertz CT molecular complexity index is 1880. The molecule has 1 aliphatic rings. The molecule has 1 aromatic carbocycles. The van der Waals surface area contributed by atoms with Crippen LogP contribution in [-0.2, 0) is 34.7 Å². The monoisotopic (exact) mass is 636 g/mol. The maximum atomic E-state index is 13.8. The van der Waals surface area contributed by atoms with Gasteiger partial charge in [-0.3, -0.25) is 37.7 Å². The van der Waals surface area contributed by atoms with Crippen molar-refractivity contribution in [3.63, 3.8) is 0 Å². The fourth-order valence-corrected chi connectivity index (χ4v) is 6.49. The normalized spacial score (nSPS) is 15.5. The van der Waals surface area contributed by atoms with Gasteiger partial charge in [0.1, 0.15) is 5.75 Å². The largest absolute Gasteiger partial charge is 0.496 e. The van der Waals surface area contributed by atoms with Crippen LogP contribution in [0.4, 0.5) is 0 Å². The molecule has 11 nitrogen and oxygen atoms in total. The highest BCUT2D eigenvalue weighted by molar-refractivity contribution is 7.71. The molecule has 0 amide bonds. The number of pyridine rings is 1. The number of aromatic hydroxyl groups is 2. The van der Waals surface area contributed by atoms with E-state index in [1.54, 1.807) is 25.4 Å². The number of hydrogen-bond donors (Lipinski definition) is 2. The number of nitrogens with zero attached hydrogens (tertiary/aromatic N) is 6. The van der Waals surface area contributed by atoms with Crippen LogP contribution in [0.5, 0.6) is 17.5 Å². The standard InChI is InChI=1S/C31H36N6O5S2/c1-33-26(38)24(27(39)34(2)30(33)43)23(25-28(40)35(3)31(44)36(4)29(25)41)18-11-12-22(42-5)20(15-18)17-37-14-7-6-10-21(37)19-9-8-13-32-16-19/h8-9,11-13,15-16,21,23,38,40H,6-7,10,14,17H2,1-5H3/t21-/m1/s1. The zero-order valence-corrected chi connectivity index (χ0v) is 27.0. The van der Waals surface area contributed by atoms with Gasteiger partial charge < -0.3 is 14.9 Å². The summed E-state index contributed by atoms with van der Waals surface area (Å²) in [6, 6.07) is 9.58. The Balaban J connectivity index is 1.75. The first-order valence-electron chi connectivity index (χ1n) is 14.3. The number of hydrogen-bond acceptors (Lipinski definition) is 9. The summed E-state index contributed by atoms with van der Waals surface area (Å²) in [5.41, 5.74) is 1.08. The molecule has 4 aromatic rings. The lowest BCUT2D eigenvalue weighted by Gasteiger charge is -2.36. The summed E-state index contributed by atoms with van der Waals surface area (Å²) < 4.78 is 11.0. The first kappa shape index (κ1) is 31.4. The fraction of sp³-hybridized carbons (Fsp3) is 0.387. The number of rotatable bonds is 7. The van der Waals surface area contributed by atoms with E-state index >= 15 is 0 Å². The third-order valence-corrected chi connectivity index (χ3v) is 9.70. The molecule has 232 valence electrons. The first-order valence-corrected chi connectivity index (χ1v) is 15.1. The van der Waals surface area contributed by atoms with Gasteiger partial charge >= 0.3 is 0 Å². The lowest BCUT2D eigenvalue weighted by molar-refractivity contribution is 0.139. The Kier molecular flexibility index (Phi) is 8.91. The molecule has 44 heavy (non-hydrogen) atoms. The molecule has 1 saturated heterocycles. The molecule has 4 heterocycles. The fourth-order valence-electron chi connectivity index (χ4n) is 6.15. The van der Waals surface area contributed by atoms with Crippen molar-refractivity contribution in [2.24, 2.45) is 28.2 Å². The molecular formula is C31H36N6O5S2. The number of benzene rings is 1. The van der Waals surface area contributed by atoms with Gasteiger partial charge in [-0.1, -0.05) is 18.6 Å². The predicted octanol–water partition coefficient (Wildman–Crippen LogP) is 3.94. The SMILES string of the molecule is COc1ccc(C(c2c(O)n(C)c(=S)n(C)c2=O)c2c(O)n(C)c(=S)n(C)c2=O)cc1CN1CCCC[C@@H]1c1cccnc1. The van der Waals surface area contributed by atoms with Gasteiger partial charge in [-0.15, -0.1) is 0 Å². The predicted molar refractivity (Wildman–Crippen MR) is 171 cm³/mol. The highest BCUT2D eigenvalue weighted by atomic mass is 32.1. The molecule has 1 fully saturated rings. The van der Waals surface area contributed by atoms with Gasteiger partial charge in [0.25, 0.3) is 11.1 Å². The van der Waals surface area contributed by atoms with E-state index in [2.05, 4.69) is 16.0 Å². The minimum Gasteiger partial charge on any atom is -0.496 e. The second-order valence-corrected chi connectivity index (χ2v) is 11.9. The van der Waals surface area contributed by atoms with Crippen LogP contribution in [0.2, 0.25) is 0 Å². The van der Waals surface area contributed by atoms with Crippen molar-refractivity contribution in [1.82, 2.24) is 28.2 Å². The van der Waals surface area contributed by atoms with E-state index in [0.717, 1.165) is 36.9 Å². The van der Waals surface area contributed by atoms with Crippen molar-refractivity contribution in [2.45, 2.75) is 37.8 Å². The Labute approximate surface area is 264 Å². The maximum absolute atomic E-state index is 13.8. The first-order chi connectivity index (χ1) is 21.0. The topological polar surface area (TPSA) is 120 Å². The van der Waals surface area contributed by atoms with Crippen LogP contribution >= 0.6 is 24.4 Å². The minimum absolute atomic E-state index is 0.0977. The van der Waals surface area contributed by atoms with Crippen LogP contribution in [0.1, 0.15) is 59.0 Å². The third-order valence-electron chi connectivity index (χ3n) is 8.61. The Morgan fingerprint density at radius 3 is 2.09 bits per heavy atom. The molecule has 0 spiro atoms. The summed E-state index contributed by atoms with van der Waals surface area (Å²) in [6.45, 7) is 1.39. The summed E-state index contributed by atoms with van der Waals surface area (Å²) in [7, 11) is 7.68. The van der Waals surface area contributed by atoms with Gasteiger partial charge in [0.15, 0.2) is 9.54 Å². The van der Waals surface area contributed by atoms with Crippen molar-refractivity contribution in [1.29, 1.82) is 0 Å². The lowest BCUT2D eigenvalue weighted by Crippen LogP contribution is -2.34. The zero-order chi connectivity index (χ0) is 31.9. The average Bonchev–Trinajstić information content (AvgIpc) is 3.04. The van der Waals surface area contributed by atoms with Crippen LogP contribution in [0, 0.1) is 9.54 Å². The number of methoxy groups -OCH3 is 1. The van der Waals surface area contributed by atoms with Crippen molar-refractivity contribution < 1.29 is 14.9 Å². The molecule has 0 bridgehead atoms. The van der Waals surface area contributed by atoms with Crippen molar-refractivity contribution in [3.05, 3.63) is 101 Å². The summed E-state index contributed by atoms with van der Waals surface area (Å²) >= 11 is 10.7. The summed E-state index contributed by atoms with van der Waals surface area (Å²) in [5, 5.41) is 22.7. The van der Waals surface area contributed by atoms with Crippen LogP contribution in [0.3, 0.4) is 0 Å². The van der Waals surface area contributed by atoms with Crippen LogP contribution < -0.4 is 15.9 Å². The molecule has 0 saturated carbocycles. The smallest absolute Gasteiger partial charge is 0.262 e. The van der Waals surface area contributed by atoms with Gasteiger partial charge in [0, 0.05) is 58.7 Å². The maximum Gasteiger partial charge on any atom is 0.262 e. The van der Waals surface area contributed by atoms with Gasteiger partial charge in [-0.2, -0.15) is 0 Å². The molecule has 3 aromatic heterocycles. The van der Waals surface area contributed by atoms with E-state index in [-0.39, 0.29) is 26.7 Å². The Morgan fingerprint density at radius 2 is 1.55 bits per heavy atom. The number of piperidine rings is 1. The molecule has 0 aliphatic carbocycles. The Morgan fingerprint density at radius 1 is 0.932 bits per heavy atom. The van der Waals surface area contributed by atoms with Crippen LogP contribution in [0.25, 0.3) is 0 Å². The number of ether oxygens (including phenoxy) is 1. The molecular weight excluding hydrogens is 601 g/mol. The highest BCUT2D eigenvalue weighted by Gasteiger charge is 2.33. The molecule has 1 aliphatic heterocycles. The lowest BCUT2D eigenvalue weighted by atomic mass is 9.85. The molecule has 2 N–H and O–H groups in total. The quantitative estimate of drug-likeness (QED) is 0.291. The second kappa shape index (κ2) is 12.5. The average molecular weight is 637 g/mol. The van der Waals surface area contributed by atoms with Crippen molar-refractivity contribution in [3.8, 4) is 17.5 Å². The van der Waals surface area contributed by atoms with Crippen LogP contribution in [-0.4, -0.2) is 52.0 Å². The van der Waals surface area contributed by atoms with Crippen LogP contribution in [0.15, 0.2) is 52.3 Å². The van der Waals surface area contributed by atoms with E-state index in [4.69, 9.17) is 29.2 Å². The second-order valence-electron chi connectivity index (χ2n) is 11.2. The van der Waals surface area contributed by atoms with E-state index < -0.39 is 28.8 Å². The highest BCUT2D eigenvalue weighted by Crippen LogP contribution is 2.40. The summed E-state index contributed by atoms with van der Waals surface area (Å²) in [6.07, 6.45) is 6.79. The van der Waals surface area contributed by atoms with E-state index in [9.17, 15) is 19.8 Å². The van der Waals surface area contributed by atoms with E-state index in [1.165, 1.54) is 46.5 Å². The third kappa shape index (κ3) is 5.39. The van der Waals surface area contributed by atoms with E-state index in [1.807, 2.05) is 18.3 Å². The van der Waals surface area contributed by atoms with Gasteiger partial charge in [0.05, 0.1) is 24.2 Å². The van der Waals surface area contributed by atoms with Gasteiger partial charge in [-0.05, 0) is 73.1 Å². The minimum atomic E-state index is -1.17. The molecule has 13 heteroatoms. The number of likely N-dealkylation sites (tertiary alicyclic amines) is 1. The molecule has 0 unspecified atom stereocenters. The summed E-state index contributed by atoms with van der Waals surface area (Å²) in [5.74, 6) is -1.34. The van der Waals surface area contributed by atoms with Crippen molar-refractivity contribution >= 4 is 24.4 Å².